The van der Waals surface area contributed by atoms with Gasteiger partial charge in [0.05, 0.1) is 37.3 Å². The number of amides is 6. The molecular weight excluding hydrogens is 684 g/mol. The largest absolute Gasteiger partial charge is 0.442 e. The molecule has 52 heavy (non-hydrogen) atoms. The third kappa shape index (κ3) is 11.4. The predicted octanol–water partition coefficient (Wildman–Crippen LogP) is 4.63. The van der Waals surface area contributed by atoms with E-state index in [4.69, 9.17) is 34.5 Å². The van der Waals surface area contributed by atoms with Crippen molar-refractivity contribution >= 4 is 36.2 Å². The van der Waals surface area contributed by atoms with Crippen molar-refractivity contribution in [3.8, 4) is 0 Å². The fourth-order valence-electron chi connectivity index (χ4n) is 4.80. The standard InChI is InChI=1S/C21H27N3O7.C13H25N3O5/c1-20(2,3)29-18(27)22-11-13(12-23(22)19(28)30-21(4,5)6)31-24-16(25)14-9-7-8-10-15(14)17(24)26;1-12(2,3)19-10(17)15-7-9(21-14)8-16(15)11(18)20-13(4,5)6/h7-10,13H,11-12H2,1-6H3;9H,7-8,14H2,1-6H3. The summed E-state index contributed by atoms with van der Waals surface area (Å²) in [5.74, 6) is 3.96. The van der Waals surface area contributed by atoms with Crippen LogP contribution in [0.5, 0.6) is 0 Å². The highest BCUT2D eigenvalue weighted by atomic mass is 16.7. The topological polar surface area (TPSA) is 200 Å². The first-order valence-corrected chi connectivity index (χ1v) is 16.7. The van der Waals surface area contributed by atoms with Crippen molar-refractivity contribution in [1.82, 2.24) is 25.1 Å². The Kier molecular flexibility index (Phi) is 12.4. The molecule has 6 amide bonds. The van der Waals surface area contributed by atoms with E-state index < -0.39 is 70.8 Å². The van der Waals surface area contributed by atoms with Crippen molar-refractivity contribution in [2.24, 2.45) is 5.90 Å². The van der Waals surface area contributed by atoms with Crippen LogP contribution in [-0.2, 0) is 28.6 Å². The molecule has 1 aromatic carbocycles. The third-order valence-corrected chi connectivity index (χ3v) is 6.71. The monoisotopic (exact) mass is 736 g/mol. The maximum atomic E-state index is 12.7. The highest BCUT2D eigenvalue weighted by Gasteiger charge is 2.46. The molecule has 0 radical (unpaired) electrons. The predicted molar refractivity (Wildman–Crippen MR) is 183 cm³/mol. The Morgan fingerprint density at radius 3 is 1.06 bits per heavy atom. The molecule has 0 bridgehead atoms. The highest BCUT2D eigenvalue weighted by Crippen LogP contribution is 2.27. The molecule has 0 aromatic heterocycles. The number of hydroxylamine groups is 2. The summed E-state index contributed by atoms with van der Waals surface area (Å²) < 4.78 is 21.3. The fourth-order valence-corrected chi connectivity index (χ4v) is 4.80. The van der Waals surface area contributed by atoms with E-state index in [1.54, 1.807) is 95.2 Å². The molecule has 3 aliphatic heterocycles. The molecule has 0 atom stereocenters. The number of ether oxygens (including phenoxy) is 4. The number of fused-ring (bicyclic) bond motifs is 1. The first kappa shape index (κ1) is 41.7. The Labute approximate surface area is 303 Å². The number of rotatable bonds is 3. The zero-order valence-electron chi connectivity index (χ0n) is 32.0. The minimum atomic E-state index is -0.845. The Morgan fingerprint density at radius 2 is 0.808 bits per heavy atom. The summed E-state index contributed by atoms with van der Waals surface area (Å²) in [6, 6.07) is 6.37. The summed E-state index contributed by atoms with van der Waals surface area (Å²) in [5, 5.41) is 5.08. The Hall–Kier alpha value is -4.68. The molecule has 0 spiro atoms. The second-order valence-electron chi connectivity index (χ2n) is 16.2. The van der Waals surface area contributed by atoms with Gasteiger partial charge in [0.1, 0.15) is 34.6 Å². The van der Waals surface area contributed by atoms with Gasteiger partial charge in [-0.3, -0.25) is 19.3 Å². The minimum absolute atomic E-state index is 0.110. The van der Waals surface area contributed by atoms with Crippen LogP contribution < -0.4 is 5.90 Å². The smallest absolute Gasteiger partial charge is 0.429 e. The van der Waals surface area contributed by atoms with Crippen molar-refractivity contribution in [3.05, 3.63) is 35.4 Å². The number of imide groups is 1. The van der Waals surface area contributed by atoms with Crippen LogP contribution >= 0.6 is 0 Å². The van der Waals surface area contributed by atoms with Gasteiger partial charge < -0.3 is 18.9 Å². The van der Waals surface area contributed by atoms with Gasteiger partial charge in [-0.1, -0.05) is 12.1 Å². The van der Waals surface area contributed by atoms with Crippen LogP contribution in [0.2, 0.25) is 0 Å². The minimum Gasteiger partial charge on any atom is -0.442 e. The zero-order valence-corrected chi connectivity index (χ0v) is 32.0. The third-order valence-electron chi connectivity index (χ3n) is 6.71. The average Bonchev–Trinajstić information content (AvgIpc) is 3.67. The molecule has 0 aliphatic carbocycles. The molecule has 18 nitrogen and oxygen atoms in total. The number of carbonyl (C=O) groups excluding carboxylic acids is 6. The molecule has 2 fully saturated rings. The van der Waals surface area contributed by atoms with Crippen LogP contribution in [0.4, 0.5) is 19.2 Å². The molecule has 290 valence electrons. The van der Waals surface area contributed by atoms with E-state index in [-0.39, 0.29) is 37.3 Å². The molecule has 0 saturated carbocycles. The molecule has 2 N–H and O–H groups in total. The van der Waals surface area contributed by atoms with Gasteiger partial charge in [-0.25, -0.2) is 45.1 Å². The van der Waals surface area contributed by atoms with Crippen molar-refractivity contribution in [1.29, 1.82) is 0 Å². The molecule has 1 aromatic rings. The summed E-state index contributed by atoms with van der Waals surface area (Å²) in [6.07, 6.45) is -4.16. The number of nitrogens with two attached hydrogens (primary N) is 1. The summed E-state index contributed by atoms with van der Waals surface area (Å²) >= 11 is 0. The molecule has 3 aliphatic rings. The summed E-state index contributed by atoms with van der Waals surface area (Å²) in [4.78, 5) is 85.2. The first-order valence-electron chi connectivity index (χ1n) is 16.7. The van der Waals surface area contributed by atoms with Gasteiger partial charge in [-0.05, 0) is 95.2 Å². The van der Waals surface area contributed by atoms with E-state index in [1.165, 1.54) is 12.1 Å². The second kappa shape index (κ2) is 15.5. The molecule has 3 heterocycles. The lowest BCUT2D eigenvalue weighted by molar-refractivity contribution is -0.124. The Balaban J connectivity index is 0.000000304. The van der Waals surface area contributed by atoms with Gasteiger partial charge in [-0.15, -0.1) is 5.06 Å². The van der Waals surface area contributed by atoms with E-state index in [1.807, 2.05) is 0 Å². The Morgan fingerprint density at radius 1 is 0.538 bits per heavy atom. The summed E-state index contributed by atoms with van der Waals surface area (Å²) in [5.41, 5.74) is -2.45. The molecule has 4 rings (SSSR count). The summed E-state index contributed by atoms with van der Waals surface area (Å²) in [6.45, 7) is 20.7. The van der Waals surface area contributed by atoms with Crippen molar-refractivity contribution in [2.45, 2.75) is 118 Å². The Bertz CT molecular complexity index is 1420. The quantitative estimate of drug-likeness (QED) is 0.256. The van der Waals surface area contributed by atoms with Crippen LogP contribution in [0.25, 0.3) is 0 Å². The van der Waals surface area contributed by atoms with Crippen molar-refractivity contribution < 1.29 is 57.4 Å². The molecule has 0 unspecified atom stereocenters. The number of carbonyl (C=O) groups is 6. The lowest BCUT2D eigenvalue weighted by Gasteiger charge is -2.31. The molecule has 18 heteroatoms. The number of hydrogen-bond acceptors (Lipinski definition) is 13. The molecular formula is C34H52N6O12. The van der Waals surface area contributed by atoms with Gasteiger partial charge in [0.2, 0.25) is 0 Å². The van der Waals surface area contributed by atoms with Crippen LogP contribution in [-0.4, -0.2) is 122 Å². The van der Waals surface area contributed by atoms with E-state index in [2.05, 4.69) is 0 Å². The highest BCUT2D eigenvalue weighted by molar-refractivity contribution is 6.20. The normalized spacial score (nSPS) is 17.2. The van der Waals surface area contributed by atoms with Gasteiger partial charge >= 0.3 is 24.4 Å². The van der Waals surface area contributed by atoms with Gasteiger partial charge in [0.15, 0.2) is 0 Å². The SMILES string of the molecule is CC(C)(C)OC(=O)N1CC(ON)CN1C(=O)OC(C)(C)C.CC(C)(C)OC(=O)N1CC(ON2C(=O)c3ccccc3C2=O)CN1C(=O)OC(C)(C)C. The van der Waals surface area contributed by atoms with Crippen LogP contribution in [0, 0.1) is 0 Å². The number of hydrazine groups is 2. The van der Waals surface area contributed by atoms with Crippen molar-refractivity contribution in [3.63, 3.8) is 0 Å². The molecule has 2 saturated heterocycles. The lowest BCUT2D eigenvalue weighted by atomic mass is 10.1. The maximum Gasteiger partial charge on any atom is 0.429 e. The number of hydrogen-bond donors (Lipinski definition) is 1. The second-order valence-corrected chi connectivity index (χ2v) is 16.2. The van der Waals surface area contributed by atoms with Crippen LogP contribution in [0.3, 0.4) is 0 Å². The number of benzene rings is 1. The van der Waals surface area contributed by atoms with Crippen LogP contribution in [0.1, 0.15) is 104 Å². The van der Waals surface area contributed by atoms with E-state index in [0.29, 0.717) is 5.06 Å². The number of nitrogens with zero attached hydrogens (tertiary/aromatic N) is 5. The van der Waals surface area contributed by atoms with Gasteiger partial charge in [-0.2, -0.15) is 0 Å². The van der Waals surface area contributed by atoms with Crippen molar-refractivity contribution in [2.75, 3.05) is 26.2 Å². The van der Waals surface area contributed by atoms with E-state index in [9.17, 15) is 28.8 Å². The zero-order chi connectivity index (χ0) is 39.6. The summed E-state index contributed by atoms with van der Waals surface area (Å²) in [7, 11) is 0. The van der Waals surface area contributed by atoms with Gasteiger partial charge in [0.25, 0.3) is 11.8 Å². The lowest BCUT2D eigenvalue weighted by Crippen LogP contribution is -2.48. The van der Waals surface area contributed by atoms with Crippen LogP contribution in [0.15, 0.2) is 24.3 Å². The van der Waals surface area contributed by atoms with E-state index >= 15 is 0 Å². The van der Waals surface area contributed by atoms with E-state index in [0.717, 1.165) is 20.0 Å². The fraction of sp³-hybridized carbons (Fsp3) is 0.647. The average molecular weight is 737 g/mol. The maximum absolute atomic E-state index is 12.7. The first-order chi connectivity index (χ1) is 23.7. The van der Waals surface area contributed by atoms with Gasteiger partial charge in [0, 0.05) is 0 Å².